The van der Waals surface area contributed by atoms with E-state index >= 15 is 0 Å². The fourth-order valence-corrected chi connectivity index (χ4v) is 4.30. The van der Waals surface area contributed by atoms with Gasteiger partial charge < -0.3 is 4.74 Å². The van der Waals surface area contributed by atoms with Crippen LogP contribution in [0.2, 0.25) is 0 Å². The normalized spacial score (nSPS) is 11.7. The van der Waals surface area contributed by atoms with Crippen molar-refractivity contribution in [1.82, 2.24) is 9.38 Å². The minimum absolute atomic E-state index is 0.00448. The van der Waals surface area contributed by atoms with Crippen LogP contribution in [0.5, 0.6) is 5.75 Å². The third-order valence-electron chi connectivity index (χ3n) is 5.43. The molecule has 5 heteroatoms. The van der Waals surface area contributed by atoms with Gasteiger partial charge in [-0.3, -0.25) is 19.0 Å². The third-order valence-corrected chi connectivity index (χ3v) is 5.43. The fraction of sp³-hybridized carbons (Fsp3) is 0.160. The maximum atomic E-state index is 13.4. The van der Waals surface area contributed by atoms with Crippen molar-refractivity contribution in [2.24, 2.45) is 0 Å². The highest BCUT2D eigenvalue weighted by Crippen LogP contribution is 2.38. The van der Waals surface area contributed by atoms with Gasteiger partial charge in [0, 0.05) is 33.3 Å². The molecule has 0 N–H and O–H groups in total. The maximum Gasteiger partial charge on any atom is 0.263 e. The second-order valence-electron chi connectivity index (χ2n) is 7.80. The Bertz CT molecular complexity index is 1550. The average molecular weight is 396 g/mol. The van der Waals surface area contributed by atoms with Gasteiger partial charge in [0.2, 0.25) is 0 Å². The van der Waals surface area contributed by atoms with Crippen LogP contribution in [0.1, 0.15) is 19.4 Å². The number of hydrogen-bond donors (Lipinski definition) is 0. The molecule has 2 aromatic carbocycles. The Labute approximate surface area is 172 Å². The molecule has 0 atom stereocenters. The lowest BCUT2D eigenvalue weighted by Gasteiger charge is -2.12. The number of aromatic nitrogens is 2. The number of ketones is 1. The lowest BCUT2D eigenvalue weighted by atomic mass is 9.99. The van der Waals surface area contributed by atoms with Crippen molar-refractivity contribution in [3.8, 4) is 5.75 Å². The first-order valence-electron chi connectivity index (χ1n) is 9.83. The number of ether oxygens (including phenoxy) is 1. The Morgan fingerprint density at radius 2 is 1.83 bits per heavy atom. The molecule has 0 saturated carbocycles. The number of hydrogen-bond acceptors (Lipinski definition) is 4. The largest absolute Gasteiger partial charge is 0.486 e. The first-order chi connectivity index (χ1) is 14.5. The minimum Gasteiger partial charge on any atom is -0.486 e. The second-order valence-corrected chi connectivity index (χ2v) is 7.80. The van der Waals surface area contributed by atoms with E-state index in [0.717, 1.165) is 43.8 Å². The molecule has 0 unspecified atom stereocenters. The van der Waals surface area contributed by atoms with Crippen LogP contribution < -0.4 is 10.3 Å². The highest BCUT2D eigenvalue weighted by atomic mass is 16.5. The lowest BCUT2D eigenvalue weighted by molar-refractivity contribution is -0.118. The number of fused-ring (bicyclic) bond motifs is 5. The standard InChI is InChI=1S/C25H20N2O3/c1-14(2)12-19-21(30-13-15(3)28)9-8-20-22(19)18-10-11-26-23-16-6-4-5-7-17(16)25(29)27(20)24(18)23/h4-11H,1,12-13H2,2-3H3. The van der Waals surface area contributed by atoms with Crippen molar-refractivity contribution in [3.05, 3.63) is 76.7 Å². The molecular weight excluding hydrogens is 376 g/mol. The Morgan fingerprint density at radius 1 is 1.07 bits per heavy atom. The molecule has 0 bridgehead atoms. The van der Waals surface area contributed by atoms with Crippen molar-refractivity contribution < 1.29 is 9.53 Å². The predicted octanol–water partition coefficient (Wildman–Crippen LogP) is 4.68. The van der Waals surface area contributed by atoms with Crippen LogP contribution in [0.25, 0.3) is 38.1 Å². The zero-order chi connectivity index (χ0) is 21.0. The molecule has 0 saturated heterocycles. The van der Waals surface area contributed by atoms with Gasteiger partial charge in [-0.2, -0.15) is 0 Å². The van der Waals surface area contributed by atoms with Gasteiger partial charge in [0.15, 0.2) is 5.78 Å². The van der Waals surface area contributed by atoms with Gasteiger partial charge in [-0.05, 0) is 44.5 Å². The average Bonchev–Trinajstić information content (AvgIpc) is 3.07. The van der Waals surface area contributed by atoms with Crippen molar-refractivity contribution in [2.75, 3.05) is 6.61 Å². The number of carbonyl (C=O) groups excluding carboxylic acids is 1. The Kier molecular flexibility index (Phi) is 4.07. The van der Waals surface area contributed by atoms with Crippen LogP contribution in [0.15, 0.2) is 65.6 Å². The first kappa shape index (κ1) is 18.3. The summed E-state index contributed by atoms with van der Waals surface area (Å²) < 4.78 is 7.59. The summed E-state index contributed by atoms with van der Waals surface area (Å²) in [5.74, 6) is 0.594. The summed E-state index contributed by atoms with van der Waals surface area (Å²) in [6.45, 7) is 7.53. The number of rotatable bonds is 5. The molecule has 30 heavy (non-hydrogen) atoms. The van der Waals surface area contributed by atoms with Crippen LogP contribution in [0.4, 0.5) is 0 Å². The fourth-order valence-electron chi connectivity index (χ4n) is 4.30. The molecule has 5 aromatic rings. The summed E-state index contributed by atoms with van der Waals surface area (Å²) in [5.41, 5.74) is 4.25. The monoisotopic (exact) mass is 396 g/mol. The van der Waals surface area contributed by atoms with Gasteiger partial charge in [0.25, 0.3) is 5.56 Å². The zero-order valence-electron chi connectivity index (χ0n) is 16.9. The van der Waals surface area contributed by atoms with Crippen LogP contribution >= 0.6 is 0 Å². The number of benzene rings is 2. The van der Waals surface area contributed by atoms with Gasteiger partial charge >= 0.3 is 0 Å². The Balaban J connectivity index is 1.99. The number of Topliss-reactive ketones (excluding diaryl/α,β-unsaturated/α-hetero) is 1. The number of carbonyl (C=O) groups is 1. The predicted molar refractivity (Wildman–Crippen MR) is 120 cm³/mol. The second kappa shape index (κ2) is 6.66. The molecule has 0 spiro atoms. The quantitative estimate of drug-likeness (QED) is 0.320. The molecule has 148 valence electrons. The van der Waals surface area contributed by atoms with Gasteiger partial charge in [-0.25, -0.2) is 0 Å². The van der Waals surface area contributed by atoms with E-state index in [-0.39, 0.29) is 17.9 Å². The molecule has 0 fully saturated rings. The summed E-state index contributed by atoms with van der Waals surface area (Å²) in [6, 6.07) is 13.2. The minimum atomic E-state index is -0.0650. The van der Waals surface area contributed by atoms with E-state index in [1.807, 2.05) is 49.4 Å². The molecular formula is C25H20N2O3. The van der Waals surface area contributed by atoms with E-state index in [4.69, 9.17) is 4.74 Å². The van der Waals surface area contributed by atoms with E-state index in [1.54, 1.807) is 10.6 Å². The van der Waals surface area contributed by atoms with E-state index in [0.29, 0.717) is 17.6 Å². The molecule has 3 heterocycles. The van der Waals surface area contributed by atoms with E-state index in [9.17, 15) is 9.59 Å². The molecule has 0 aliphatic heterocycles. The van der Waals surface area contributed by atoms with Gasteiger partial charge in [0.05, 0.1) is 16.6 Å². The summed E-state index contributed by atoms with van der Waals surface area (Å²) >= 11 is 0. The topological polar surface area (TPSA) is 60.7 Å². The molecule has 3 aromatic heterocycles. The highest BCUT2D eigenvalue weighted by molar-refractivity contribution is 6.19. The van der Waals surface area contributed by atoms with Gasteiger partial charge in [0.1, 0.15) is 12.4 Å². The number of allylic oxidation sites excluding steroid dienone is 1. The molecule has 0 aliphatic rings. The number of nitrogens with zero attached hydrogens (tertiary/aromatic N) is 2. The smallest absolute Gasteiger partial charge is 0.263 e. The third kappa shape index (κ3) is 2.59. The number of pyridine rings is 2. The molecule has 5 nitrogen and oxygen atoms in total. The molecule has 0 aliphatic carbocycles. The molecule has 5 rings (SSSR count). The van der Waals surface area contributed by atoms with Crippen LogP contribution in [-0.2, 0) is 11.2 Å². The Hall–Kier alpha value is -3.73. The summed E-state index contributed by atoms with van der Waals surface area (Å²) in [7, 11) is 0. The van der Waals surface area contributed by atoms with Gasteiger partial charge in [-0.1, -0.05) is 30.4 Å². The van der Waals surface area contributed by atoms with Crippen LogP contribution in [0, 0.1) is 0 Å². The maximum absolute atomic E-state index is 13.4. The Morgan fingerprint density at radius 3 is 2.57 bits per heavy atom. The van der Waals surface area contributed by atoms with Gasteiger partial charge in [-0.15, -0.1) is 0 Å². The van der Waals surface area contributed by atoms with E-state index in [2.05, 4.69) is 11.6 Å². The SMILES string of the molecule is C=C(C)Cc1c(OCC(C)=O)ccc2c1c1ccnc3c4ccccc4c(=O)n2c13. The zero-order valence-corrected chi connectivity index (χ0v) is 16.9. The summed E-state index contributed by atoms with van der Waals surface area (Å²) in [4.78, 5) is 29.6. The molecule has 0 radical (unpaired) electrons. The van der Waals surface area contributed by atoms with Crippen molar-refractivity contribution >= 4 is 43.9 Å². The highest BCUT2D eigenvalue weighted by Gasteiger charge is 2.21. The van der Waals surface area contributed by atoms with E-state index in [1.165, 1.54) is 6.92 Å². The van der Waals surface area contributed by atoms with E-state index < -0.39 is 0 Å². The molecule has 0 amide bonds. The van der Waals surface area contributed by atoms with Crippen molar-refractivity contribution in [2.45, 2.75) is 20.3 Å². The van der Waals surface area contributed by atoms with Crippen molar-refractivity contribution in [3.63, 3.8) is 0 Å². The first-order valence-corrected chi connectivity index (χ1v) is 9.83. The lowest BCUT2D eigenvalue weighted by Crippen LogP contribution is -2.13. The summed E-state index contributed by atoms with van der Waals surface area (Å²) in [5, 5.41) is 3.38. The van der Waals surface area contributed by atoms with Crippen molar-refractivity contribution in [1.29, 1.82) is 0 Å². The summed E-state index contributed by atoms with van der Waals surface area (Å²) in [6.07, 6.45) is 2.37. The van der Waals surface area contributed by atoms with Crippen LogP contribution in [-0.4, -0.2) is 21.8 Å². The van der Waals surface area contributed by atoms with Crippen LogP contribution in [0.3, 0.4) is 0 Å².